The van der Waals surface area contributed by atoms with E-state index in [1.54, 1.807) is 7.05 Å². The normalized spacial score (nSPS) is 11.2. The van der Waals surface area contributed by atoms with Crippen molar-refractivity contribution in [3.8, 4) is 0 Å². The minimum absolute atomic E-state index is 0.0417. The van der Waals surface area contributed by atoms with Gasteiger partial charge in [0, 0.05) is 6.61 Å². The third-order valence-corrected chi connectivity index (χ3v) is 1.68. The van der Waals surface area contributed by atoms with Gasteiger partial charge in [-0.1, -0.05) is 6.92 Å². The van der Waals surface area contributed by atoms with Crippen LogP contribution in [0.25, 0.3) is 0 Å². The molecule has 102 valence electrons. The summed E-state index contributed by atoms with van der Waals surface area (Å²) in [6.07, 6.45) is 1.17. The van der Waals surface area contributed by atoms with Crippen molar-refractivity contribution < 1.29 is 24.9 Å². The summed E-state index contributed by atoms with van der Waals surface area (Å²) in [5, 5.41) is 30.2. The molecular weight excluding hydrogens is 228 g/mol. The van der Waals surface area contributed by atoms with Crippen LogP contribution in [0.3, 0.4) is 0 Å². The molecule has 0 fully saturated rings. The largest absolute Gasteiger partial charge is 0.480 e. The first-order chi connectivity index (χ1) is 7.99. The fourth-order valence-corrected chi connectivity index (χ4v) is 0.912. The van der Waals surface area contributed by atoms with Crippen LogP contribution in [0.2, 0.25) is 0 Å². The van der Waals surface area contributed by atoms with Crippen LogP contribution >= 0.6 is 0 Å². The summed E-state index contributed by atoms with van der Waals surface area (Å²) in [6.45, 7) is 2.59. The zero-order chi connectivity index (χ0) is 13.7. The molecule has 17 heavy (non-hydrogen) atoms. The van der Waals surface area contributed by atoms with Crippen molar-refractivity contribution in [2.24, 2.45) is 0 Å². The number of carboxylic acids is 2. The van der Waals surface area contributed by atoms with E-state index in [0.717, 1.165) is 6.42 Å². The number of hydrogen-bond donors (Lipinski definition) is 5. The summed E-state index contributed by atoms with van der Waals surface area (Å²) in [5.74, 6) is -1.72. The minimum atomic E-state index is -0.896. The second kappa shape index (κ2) is 12.9. The lowest BCUT2D eigenvalue weighted by Crippen LogP contribution is -2.37. The molecule has 0 aromatic heterocycles. The first-order valence-electron chi connectivity index (χ1n) is 5.43. The number of aliphatic hydroxyl groups is 1. The molecule has 7 nitrogen and oxygen atoms in total. The van der Waals surface area contributed by atoms with E-state index in [2.05, 4.69) is 10.6 Å². The number of rotatable bonds is 8. The Balaban J connectivity index is 0. The lowest BCUT2D eigenvalue weighted by molar-refractivity contribution is -0.140. The fraction of sp³-hybridized carbons (Fsp3) is 0.800. The van der Waals surface area contributed by atoms with E-state index < -0.39 is 18.0 Å². The highest BCUT2D eigenvalue weighted by molar-refractivity contribution is 5.73. The quantitative estimate of drug-likeness (QED) is 0.379. The maximum absolute atomic E-state index is 10.4. The Labute approximate surface area is 101 Å². The van der Waals surface area contributed by atoms with Crippen molar-refractivity contribution in [3.05, 3.63) is 0 Å². The topological polar surface area (TPSA) is 119 Å². The molecule has 0 aliphatic carbocycles. The third-order valence-electron chi connectivity index (χ3n) is 1.68. The second-order valence-corrected chi connectivity index (χ2v) is 3.28. The van der Waals surface area contributed by atoms with Crippen LogP contribution in [-0.2, 0) is 9.59 Å². The van der Waals surface area contributed by atoms with Crippen molar-refractivity contribution in [2.75, 3.05) is 26.7 Å². The van der Waals surface area contributed by atoms with Crippen LogP contribution in [0.1, 0.15) is 19.8 Å². The second-order valence-electron chi connectivity index (χ2n) is 3.28. The average molecular weight is 250 g/mol. The first-order valence-corrected chi connectivity index (χ1v) is 5.43. The molecule has 0 radical (unpaired) electrons. The van der Waals surface area contributed by atoms with Crippen molar-refractivity contribution in [2.45, 2.75) is 25.8 Å². The van der Waals surface area contributed by atoms with E-state index in [9.17, 15) is 9.59 Å². The van der Waals surface area contributed by atoms with Crippen LogP contribution in [0.4, 0.5) is 0 Å². The SMILES string of the molecule is CCCNC(CCO)C(=O)O.CNCC(=O)O. The number of nitrogens with one attached hydrogen (secondary N) is 2. The van der Waals surface area contributed by atoms with E-state index in [4.69, 9.17) is 15.3 Å². The molecule has 0 saturated heterocycles. The van der Waals surface area contributed by atoms with E-state index in [0.29, 0.717) is 6.54 Å². The molecule has 0 bridgehead atoms. The molecule has 0 heterocycles. The van der Waals surface area contributed by atoms with Gasteiger partial charge in [0.05, 0.1) is 6.54 Å². The number of aliphatic carboxylic acids is 2. The molecular formula is C10H22N2O5. The fourth-order valence-electron chi connectivity index (χ4n) is 0.912. The molecule has 0 amide bonds. The predicted octanol–water partition coefficient (Wildman–Crippen LogP) is -0.888. The Kier molecular flexibility index (Phi) is 13.8. The van der Waals surface area contributed by atoms with Crippen LogP contribution in [0, 0.1) is 0 Å². The maximum Gasteiger partial charge on any atom is 0.320 e. The summed E-state index contributed by atoms with van der Waals surface area (Å²) in [7, 11) is 1.59. The minimum Gasteiger partial charge on any atom is -0.480 e. The highest BCUT2D eigenvalue weighted by Crippen LogP contribution is 1.90. The zero-order valence-corrected chi connectivity index (χ0v) is 10.3. The third kappa shape index (κ3) is 14.8. The number of hydrogen-bond acceptors (Lipinski definition) is 5. The van der Waals surface area contributed by atoms with Crippen LogP contribution in [-0.4, -0.2) is 60.0 Å². The van der Waals surface area contributed by atoms with Crippen molar-refractivity contribution in [1.29, 1.82) is 0 Å². The number of carbonyl (C=O) groups is 2. The van der Waals surface area contributed by atoms with E-state index in [-0.39, 0.29) is 19.6 Å². The van der Waals surface area contributed by atoms with Crippen molar-refractivity contribution >= 4 is 11.9 Å². The standard InChI is InChI=1S/C7H15NO3.C3H7NO2/c1-2-4-8-6(3-5-9)7(10)11;1-4-2-3(5)6/h6,8-9H,2-5H2,1H3,(H,10,11);4H,2H2,1H3,(H,5,6). The summed E-state index contributed by atoms with van der Waals surface area (Å²) >= 11 is 0. The molecule has 0 rings (SSSR count). The maximum atomic E-state index is 10.4. The predicted molar refractivity (Wildman–Crippen MR) is 63.0 cm³/mol. The highest BCUT2D eigenvalue weighted by atomic mass is 16.4. The van der Waals surface area contributed by atoms with Gasteiger partial charge in [-0.25, -0.2) is 0 Å². The number of carboxylic acid groups (broad SMARTS) is 2. The van der Waals surface area contributed by atoms with E-state index >= 15 is 0 Å². The molecule has 0 aliphatic rings. The summed E-state index contributed by atoms with van der Waals surface area (Å²) < 4.78 is 0. The summed E-state index contributed by atoms with van der Waals surface area (Å²) in [5.41, 5.74) is 0. The highest BCUT2D eigenvalue weighted by Gasteiger charge is 2.14. The Morgan fingerprint density at radius 1 is 1.29 bits per heavy atom. The van der Waals surface area contributed by atoms with Gasteiger partial charge in [-0.05, 0) is 26.4 Å². The number of aliphatic hydroxyl groups excluding tert-OH is 1. The molecule has 1 atom stereocenters. The van der Waals surface area contributed by atoms with Gasteiger partial charge in [-0.3, -0.25) is 9.59 Å². The van der Waals surface area contributed by atoms with Crippen molar-refractivity contribution in [1.82, 2.24) is 10.6 Å². The Bertz CT molecular complexity index is 211. The van der Waals surface area contributed by atoms with Gasteiger partial charge in [-0.15, -0.1) is 0 Å². The summed E-state index contributed by atoms with van der Waals surface area (Å²) in [6, 6.07) is -0.597. The monoisotopic (exact) mass is 250 g/mol. The Hall–Kier alpha value is -1.18. The molecule has 0 spiro atoms. The Morgan fingerprint density at radius 2 is 1.88 bits per heavy atom. The molecule has 0 saturated carbocycles. The van der Waals surface area contributed by atoms with Crippen molar-refractivity contribution in [3.63, 3.8) is 0 Å². The van der Waals surface area contributed by atoms with Gasteiger partial charge in [0.15, 0.2) is 0 Å². The summed E-state index contributed by atoms with van der Waals surface area (Å²) in [4.78, 5) is 20.0. The van der Waals surface area contributed by atoms with Gasteiger partial charge < -0.3 is 26.0 Å². The van der Waals surface area contributed by atoms with Gasteiger partial charge in [0.25, 0.3) is 0 Å². The molecule has 0 aliphatic heterocycles. The van der Waals surface area contributed by atoms with E-state index in [1.165, 1.54) is 0 Å². The molecule has 0 aromatic rings. The van der Waals surface area contributed by atoms with Crippen LogP contribution in [0.5, 0.6) is 0 Å². The first kappa shape index (κ1) is 18.2. The van der Waals surface area contributed by atoms with Crippen LogP contribution in [0.15, 0.2) is 0 Å². The molecule has 5 N–H and O–H groups in total. The number of likely N-dealkylation sites (N-methyl/N-ethyl adjacent to an activating group) is 1. The van der Waals surface area contributed by atoms with Gasteiger partial charge in [0.2, 0.25) is 0 Å². The van der Waals surface area contributed by atoms with Gasteiger partial charge in [0.1, 0.15) is 6.04 Å². The molecule has 1 unspecified atom stereocenters. The molecule has 0 aromatic carbocycles. The lowest BCUT2D eigenvalue weighted by Gasteiger charge is -2.11. The zero-order valence-electron chi connectivity index (χ0n) is 10.3. The Morgan fingerprint density at radius 3 is 2.12 bits per heavy atom. The van der Waals surface area contributed by atoms with E-state index in [1.807, 2.05) is 6.92 Å². The van der Waals surface area contributed by atoms with Crippen LogP contribution < -0.4 is 10.6 Å². The molecule has 7 heteroatoms. The smallest absolute Gasteiger partial charge is 0.320 e. The average Bonchev–Trinajstić information content (AvgIpc) is 2.24. The van der Waals surface area contributed by atoms with Gasteiger partial charge >= 0.3 is 11.9 Å². The lowest BCUT2D eigenvalue weighted by atomic mass is 10.2. The van der Waals surface area contributed by atoms with Gasteiger partial charge in [-0.2, -0.15) is 0 Å².